The van der Waals surface area contributed by atoms with Gasteiger partial charge in [0.05, 0.1) is 4.92 Å². The monoisotopic (exact) mass is 294 g/mol. The van der Waals surface area contributed by atoms with Crippen LogP contribution >= 0.6 is 11.8 Å². The lowest BCUT2D eigenvalue weighted by Crippen LogP contribution is -2.27. The van der Waals surface area contributed by atoms with Gasteiger partial charge in [0, 0.05) is 22.9 Å². The van der Waals surface area contributed by atoms with Crippen molar-refractivity contribution in [2.24, 2.45) is 0 Å². The third-order valence-electron chi connectivity index (χ3n) is 3.72. The molecule has 0 aromatic heterocycles. The van der Waals surface area contributed by atoms with Gasteiger partial charge in [0.1, 0.15) is 12.0 Å². The van der Waals surface area contributed by atoms with E-state index in [0.717, 1.165) is 25.7 Å². The van der Waals surface area contributed by atoms with E-state index in [2.05, 4.69) is 11.6 Å². The fourth-order valence-electron chi connectivity index (χ4n) is 2.56. The van der Waals surface area contributed by atoms with Crippen LogP contribution in [0.2, 0.25) is 0 Å². The van der Waals surface area contributed by atoms with E-state index in [4.69, 9.17) is 0 Å². The SMILES string of the molecule is CSC1CCC(Nc2ccc(C=O)cc2[N+](=O)[O-])CC1. The second-order valence-electron chi connectivity index (χ2n) is 5.01. The summed E-state index contributed by atoms with van der Waals surface area (Å²) in [7, 11) is 0. The van der Waals surface area contributed by atoms with Crippen LogP contribution in [0.5, 0.6) is 0 Å². The smallest absolute Gasteiger partial charge is 0.293 e. The molecule has 1 aromatic carbocycles. The molecule has 0 heterocycles. The number of carbonyl (C=O) groups excluding carboxylic acids is 1. The molecule has 0 amide bonds. The number of rotatable bonds is 5. The van der Waals surface area contributed by atoms with E-state index < -0.39 is 4.92 Å². The molecule has 2 rings (SSSR count). The molecule has 1 aliphatic rings. The molecule has 5 nitrogen and oxygen atoms in total. The molecule has 0 bridgehead atoms. The van der Waals surface area contributed by atoms with Crippen molar-refractivity contribution in [3.05, 3.63) is 33.9 Å². The first-order valence-electron chi connectivity index (χ1n) is 6.67. The van der Waals surface area contributed by atoms with Crippen molar-refractivity contribution in [1.82, 2.24) is 0 Å². The number of nitrogens with one attached hydrogen (secondary N) is 1. The number of benzene rings is 1. The zero-order chi connectivity index (χ0) is 14.5. The lowest BCUT2D eigenvalue weighted by molar-refractivity contribution is -0.384. The fourth-order valence-corrected chi connectivity index (χ4v) is 3.30. The van der Waals surface area contributed by atoms with Crippen LogP contribution in [0.15, 0.2) is 18.2 Å². The van der Waals surface area contributed by atoms with Gasteiger partial charge in [0.15, 0.2) is 0 Å². The third kappa shape index (κ3) is 3.50. The van der Waals surface area contributed by atoms with Crippen molar-refractivity contribution >= 4 is 29.4 Å². The number of nitro benzene ring substituents is 1. The van der Waals surface area contributed by atoms with E-state index in [-0.39, 0.29) is 11.7 Å². The molecule has 20 heavy (non-hydrogen) atoms. The Labute approximate surface area is 122 Å². The Balaban J connectivity index is 2.09. The van der Waals surface area contributed by atoms with Gasteiger partial charge >= 0.3 is 0 Å². The molecule has 1 aromatic rings. The first-order valence-corrected chi connectivity index (χ1v) is 7.95. The average Bonchev–Trinajstić information content (AvgIpc) is 2.48. The van der Waals surface area contributed by atoms with E-state index >= 15 is 0 Å². The number of thioether (sulfide) groups is 1. The zero-order valence-electron chi connectivity index (χ0n) is 11.4. The van der Waals surface area contributed by atoms with E-state index in [1.54, 1.807) is 12.1 Å². The molecule has 0 atom stereocenters. The Morgan fingerprint density at radius 3 is 2.60 bits per heavy atom. The number of aldehydes is 1. The Hall–Kier alpha value is -1.56. The summed E-state index contributed by atoms with van der Waals surface area (Å²) in [4.78, 5) is 21.3. The maximum absolute atomic E-state index is 11.1. The molecule has 1 N–H and O–H groups in total. The third-order valence-corrected chi connectivity index (χ3v) is 4.86. The summed E-state index contributed by atoms with van der Waals surface area (Å²) in [5, 5.41) is 15.0. The van der Waals surface area contributed by atoms with Crippen molar-refractivity contribution in [3.63, 3.8) is 0 Å². The van der Waals surface area contributed by atoms with Crippen LogP contribution in [0.4, 0.5) is 11.4 Å². The minimum atomic E-state index is -0.442. The van der Waals surface area contributed by atoms with E-state index in [9.17, 15) is 14.9 Å². The lowest BCUT2D eigenvalue weighted by Gasteiger charge is -2.28. The lowest BCUT2D eigenvalue weighted by atomic mass is 9.94. The maximum Gasteiger partial charge on any atom is 0.293 e. The normalized spacial score (nSPS) is 22.2. The highest BCUT2D eigenvalue weighted by atomic mass is 32.2. The molecule has 0 radical (unpaired) electrons. The van der Waals surface area contributed by atoms with Crippen LogP contribution in [-0.4, -0.2) is 28.8 Å². The topological polar surface area (TPSA) is 72.2 Å². The van der Waals surface area contributed by atoms with Gasteiger partial charge in [-0.2, -0.15) is 11.8 Å². The van der Waals surface area contributed by atoms with Gasteiger partial charge in [-0.05, 0) is 44.1 Å². The van der Waals surface area contributed by atoms with E-state index in [1.165, 1.54) is 6.07 Å². The summed E-state index contributed by atoms with van der Waals surface area (Å²) < 4.78 is 0. The molecule has 108 valence electrons. The Kier molecular flexibility index (Phi) is 5.00. The van der Waals surface area contributed by atoms with Crippen LogP contribution in [0.3, 0.4) is 0 Å². The summed E-state index contributed by atoms with van der Waals surface area (Å²) in [5.74, 6) is 0. The van der Waals surface area contributed by atoms with Gasteiger partial charge in [0.2, 0.25) is 0 Å². The minimum Gasteiger partial charge on any atom is -0.377 e. The van der Waals surface area contributed by atoms with E-state index in [1.807, 2.05) is 11.8 Å². The molecule has 0 saturated heterocycles. The summed E-state index contributed by atoms with van der Waals surface area (Å²) >= 11 is 1.89. The minimum absolute atomic E-state index is 0.0263. The van der Waals surface area contributed by atoms with Gasteiger partial charge in [-0.3, -0.25) is 14.9 Å². The molecule has 1 fully saturated rings. The molecule has 1 aliphatic carbocycles. The van der Waals surface area contributed by atoms with Crippen LogP contribution in [0.1, 0.15) is 36.0 Å². The molecule has 0 aliphatic heterocycles. The second kappa shape index (κ2) is 6.74. The van der Waals surface area contributed by atoms with Gasteiger partial charge in [-0.25, -0.2) is 0 Å². The fraction of sp³-hybridized carbons (Fsp3) is 0.500. The average molecular weight is 294 g/mol. The van der Waals surface area contributed by atoms with Crippen molar-refractivity contribution < 1.29 is 9.72 Å². The number of nitrogens with zero attached hydrogens (tertiary/aromatic N) is 1. The second-order valence-corrected chi connectivity index (χ2v) is 6.14. The zero-order valence-corrected chi connectivity index (χ0v) is 12.2. The van der Waals surface area contributed by atoms with Gasteiger partial charge < -0.3 is 5.32 Å². The van der Waals surface area contributed by atoms with Crippen LogP contribution in [0, 0.1) is 10.1 Å². The maximum atomic E-state index is 11.1. The highest BCUT2D eigenvalue weighted by molar-refractivity contribution is 7.99. The molecular weight excluding hydrogens is 276 g/mol. The largest absolute Gasteiger partial charge is 0.377 e. The number of nitro groups is 1. The highest BCUT2D eigenvalue weighted by Gasteiger charge is 2.23. The van der Waals surface area contributed by atoms with Crippen LogP contribution in [-0.2, 0) is 0 Å². The predicted molar refractivity (Wildman–Crippen MR) is 81.7 cm³/mol. The number of carbonyl (C=O) groups is 1. The van der Waals surface area contributed by atoms with Gasteiger partial charge in [-0.15, -0.1) is 0 Å². The predicted octanol–water partition coefficient (Wildman–Crippen LogP) is 3.49. The molecular formula is C14H18N2O3S. The number of anilines is 1. The number of hydrogen-bond donors (Lipinski definition) is 1. The quantitative estimate of drug-likeness (QED) is 0.511. The first-order chi connectivity index (χ1) is 9.63. The van der Waals surface area contributed by atoms with Crippen LogP contribution in [0.25, 0.3) is 0 Å². The summed E-state index contributed by atoms with van der Waals surface area (Å²) in [6.45, 7) is 0. The molecule has 0 spiro atoms. The summed E-state index contributed by atoms with van der Waals surface area (Å²) in [5.41, 5.74) is 0.808. The van der Waals surface area contributed by atoms with Crippen molar-refractivity contribution in [1.29, 1.82) is 0 Å². The number of hydrogen-bond acceptors (Lipinski definition) is 5. The molecule has 6 heteroatoms. The van der Waals surface area contributed by atoms with Gasteiger partial charge in [-0.1, -0.05) is 0 Å². The Bertz CT molecular complexity index is 499. The first kappa shape index (κ1) is 14.8. The van der Waals surface area contributed by atoms with Crippen molar-refractivity contribution in [2.45, 2.75) is 37.0 Å². The Morgan fingerprint density at radius 2 is 2.05 bits per heavy atom. The molecule has 0 unspecified atom stereocenters. The summed E-state index contributed by atoms with van der Waals surface area (Å²) in [6.07, 6.45) is 7.08. The van der Waals surface area contributed by atoms with Crippen LogP contribution < -0.4 is 5.32 Å². The molecule has 1 saturated carbocycles. The standard InChI is InChI=1S/C14H18N2O3S/c1-20-12-5-3-11(4-6-12)15-13-7-2-10(9-17)8-14(13)16(18)19/h2,7-9,11-12,15H,3-6H2,1H3. The van der Waals surface area contributed by atoms with Crippen molar-refractivity contribution in [2.75, 3.05) is 11.6 Å². The summed E-state index contributed by atoms with van der Waals surface area (Å²) in [6, 6.07) is 4.83. The Morgan fingerprint density at radius 1 is 1.35 bits per heavy atom. The highest BCUT2D eigenvalue weighted by Crippen LogP contribution is 2.31. The van der Waals surface area contributed by atoms with E-state index in [0.29, 0.717) is 22.8 Å². The van der Waals surface area contributed by atoms with Gasteiger partial charge in [0.25, 0.3) is 5.69 Å². The van der Waals surface area contributed by atoms with Crippen molar-refractivity contribution in [3.8, 4) is 0 Å².